The van der Waals surface area contributed by atoms with Crippen LogP contribution in [0, 0.1) is 5.92 Å². The summed E-state index contributed by atoms with van der Waals surface area (Å²) in [5.41, 5.74) is 0. The number of amides is 2. The van der Waals surface area contributed by atoms with E-state index in [0.717, 1.165) is 12.8 Å². The van der Waals surface area contributed by atoms with Gasteiger partial charge >= 0.3 is 12.0 Å². The molecule has 2 amide bonds. The fourth-order valence-corrected chi connectivity index (χ4v) is 1.70. The number of urea groups is 1. The van der Waals surface area contributed by atoms with Crippen molar-refractivity contribution in [1.82, 2.24) is 10.6 Å². The molecule has 0 aromatic heterocycles. The van der Waals surface area contributed by atoms with Crippen LogP contribution in [0.5, 0.6) is 0 Å². The highest BCUT2D eigenvalue weighted by molar-refractivity contribution is 5.75. The van der Waals surface area contributed by atoms with Gasteiger partial charge in [-0.15, -0.1) is 0 Å². The van der Waals surface area contributed by atoms with E-state index in [0.29, 0.717) is 6.61 Å². The summed E-state index contributed by atoms with van der Waals surface area (Å²) >= 11 is 0. The first-order valence-corrected chi connectivity index (χ1v) is 5.87. The van der Waals surface area contributed by atoms with E-state index in [1.807, 2.05) is 6.92 Å². The number of hydrogen-bond donors (Lipinski definition) is 3. The van der Waals surface area contributed by atoms with Gasteiger partial charge in [0.05, 0.1) is 12.0 Å². The van der Waals surface area contributed by atoms with Crippen LogP contribution in [0.2, 0.25) is 0 Å². The number of aliphatic carboxylic acids is 1. The molecule has 3 N–H and O–H groups in total. The number of carbonyl (C=O) groups is 2. The van der Waals surface area contributed by atoms with Gasteiger partial charge in [0.1, 0.15) is 0 Å². The molecule has 0 aromatic rings. The largest absolute Gasteiger partial charge is 0.481 e. The van der Waals surface area contributed by atoms with Gasteiger partial charge in [-0.3, -0.25) is 4.79 Å². The van der Waals surface area contributed by atoms with Crippen LogP contribution in [0.4, 0.5) is 4.79 Å². The molecule has 0 saturated carbocycles. The molecule has 1 saturated heterocycles. The summed E-state index contributed by atoms with van der Waals surface area (Å²) < 4.78 is 5.37. The Morgan fingerprint density at radius 2 is 2.24 bits per heavy atom. The van der Waals surface area contributed by atoms with Gasteiger partial charge in [-0.2, -0.15) is 0 Å². The fraction of sp³-hybridized carbons (Fsp3) is 0.818. The van der Waals surface area contributed by atoms with Crippen LogP contribution >= 0.6 is 0 Å². The van der Waals surface area contributed by atoms with E-state index in [4.69, 9.17) is 9.84 Å². The second kappa shape index (κ2) is 6.44. The van der Waals surface area contributed by atoms with Gasteiger partial charge in [-0.25, -0.2) is 4.79 Å². The second-order valence-corrected chi connectivity index (χ2v) is 4.50. The van der Waals surface area contributed by atoms with Crippen LogP contribution in [0.15, 0.2) is 0 Å². The average molecular weight is 244 g/mol. The third kappa shape index (κ3) is 5.04. The van der Waals surface area contributed by atoms with E-state index in [1.165, 1.54) is 0 Å². The van der Waals surface area contributed by atoms with Crippen molar-refractivity contribution in [2.75, 3.05) is 13.2 Å². The van der Waals surface area contributed by atoms with Crippen molar-refractivity contribution in [3.63, 3.8) is 0 Å². The summed E-state index contributed by atoms with van der Waals surface area (Å²) in [7, 11) is 0. The van der Waals surface area contributed by atoms with Gasteiger partial charge < -0.3 is 20.5 Å². The van der Waals surface area contributed by atoms with E-state index >= 15 is 0 Å². The third-order valence-electron chi connectivity index (χ3n) is 2.81. The molecule has 6 heteroatoms. The van der Waals surface area contributed by atoms with Crippen molar-refractivity contribution in [2.24, 2.45) is 5.92 Å². The molecular weight excluding hydrogens is 224 g/mol. The lowest BCUT2D eigenvalue weighted by Crippen LogP contribution is -2.47. The van der Waals surface area contributed by atoms with Crippen LogP contribution in [0.3, 0.4) is 0 Å². The molecule has 0 bridgehead atoms. The van der Waals surface area contributed by atoms with Crippen LogP contribution in [0.25, 0.3) is 0 Å². The number of carboxylic acid groups (broad SMARTS) is 1. The maximum atomic E-state index is 11.5. The van der Waals surface area contributed by atoms with Gasteiger partial charge in [0.15, 0.2) is 0 Å². The zero-order valence-electron chi connectivity index (χ0n) is 10.2. The van der Waals surface area contributed by atoms with Gasteiger partial charge in [-0.05, 0) is 19.8 Å². The molecule has 6 nitrogen and oxygen atoms in total. The van der Waals surface area contributed by atoms with E-state index in [-0.39, 0.29) is 24.7 Å². The molecule has 1 aliphatic heterocycles. The monoisotopic (exact) mass is 244 g/mol. The van der Waals surface area contributed by atoms with Crippen LogP contribution in [-0.2, 0) is 9.53 Å². The molecule has 0 radical (unpaired) electrons. The maximum absolute atomic E-state index is 11.5. The zero-order chi connectivity index (χ0) is 12.8. The molecule has 98 valence electrons. The van der Waals surface area contributed by atoms with Gasteiger partial charge in [0.2, 0.25) is 0 Å². The highest BCUT2D eigenvalue weighted by atomic mass is 16.5. The minimum atomic E-state index is -0.912. The lowest BCUT2D eigenvalue weighted by Gasteiger charge is -2.28. The molecule has 3 atom stereocenters. The Morgan fingerprint density at radius 1 is 1.53 bits per heavy atom. The third-order valence-corrected chi connectivity index (χ3v) is 2.81. The molecule has 1 aliphatic rings. The number of ether oxygens (including phenoxy) is 1. The number of hydrogen-bond acceptors (Lipinski definition) is 3. The lowest BCUT2D eigenvalue weighted by atomic mass is 10.0. The molecule has 1 fully saturated rings. The van der Waals surface area contributed by atoms with E-state index < -0.39 is 11.9 Å². The van der Waals surface area contributed by atoms with E-state index in [9.17, 15) is 9.59 Å². The quantitative estimate of drug-likeness (QED) is 0.674. The Balaban J connectivity index is 2.22. The van der Waals surface area contributed by atoms with Crippen molar-refractivity contribution in [3.8, 4) is 0 Å². The summed E-state index contributed by atoms with van der Waals surface area (Å²) in [4.78, 5) is 22.0. The van der Waals surface area contributed by atoms with E-state index in [2.05, 4.69) is 10.6 Å². The Kier molecular flexibility index (Phi) is 5.21. The number of rotatable bonds is 4. The predicted molar refractivity (Wildman–Crippen MR) is 61.8 cm³/mol. The Hall–Kier alpha value is -1.30. The van der Waals surface area contributed by atoms with Crippen molar-refractivity contribution in [3.05, 3.63) is 0 Å². The second-order valence-electron chi connectivity index (χ2n) is 4.50. The van der Waals surface area contributed by atoms with Crippen molar-refractivity contribution in [2.45, 2.75) is 38.8 Å². The molecule has 1 rings (SSSR count). The molecule has 0 spiro atoms. The smallest absolute Gasteiger partial charge is 0.315 e. The summed E-state index contributed by atoms with van der Waals surface area (Å²) in [6, 6.07) is -0.198. The first-order chi connectivity index (χ1) is 7.99. The molecule has 17 heavy (non-hydrogen) atoms. The number of nitrogens with one attached hydrogen (secondary N) is 2. The summed E-state index contributed by atoms with van der Waals surface area (Å²) in [5, 5.41) is 14.0. The minimum Gasteiger partial charge on any atom is -0.481 e. The topological polar surface area (TPSA) is 87.7 Å². The van der Waals surface area contributed by atoms with Gasteiger partial charge in [0.25, 0.3) is 0 Å². The lowest BCUT2D eigenvalue weighted by molar-refractivity contribution is -0.140. The predicted octanol–water partition coefficient (Wildman–Crippen LogP) is 0.574. The number of carboxylic acids is 1. The highest BCUT2D eigenvalue weighted by Gasteiger charge is 2.21. The van der Waals surface area contributed by atoms with Crippen molar-refractivity contribution in [1.29, 1.82) is 0 Å². The van der Waals surface area contributed by atoms with Crippen LogP contribution in [-0.4, -0.2) is 42.4 Å². The van der Waals surface area contributed by atoms with Crippen LogP contribution in [0.1, 0.15) is 26.7 Å². The fourth-order valence-electron chi connectivity index (χ4n) is 1.70. The summed E-state index contributed by atoms with van der Waals surface area (Å²) in [6.07, 6.45) is 1.75. The molecular formula is C11H20N2O4. The van der Waals surface area contributed by atoms with Crippen molar-refractivity contribution >= 4 is 12.0 Å². The Labute approximate surface area is 101 Å². The van der Waals surface area contributed by atoms with Crippen LogP contribution < -0.4 is 10.6 Å². The minimum absolute atomic E-state index is 0.110. The van der Waals surface area contributed by atoms with Crippen molar-refractivity contribution < 1.29 is 19.4 Å². The zero-order valence-corrected chi connectivity index (χ0v) is 10.2. The highest BCUT2D eigenvalue weighted by Crippen LogP contribution is 2.12. The first kappa shape index (κ1) is 13.8. The average Bonchev–Trinajstić information content (AvgIpc) is 2.25. The van der Waals surface area contributed by atoms with Gasteiger partial charge in [0, 0.05) is 19.2 Å². The number of carbonyl (C=O) groups excluding carboxylic acids is 1. The molecule has 0 aromatic carbocycles. The SMILES string of the molecule is CC1CC(NC(=O)NCC(C)C(=O)O)CCO1. The van der Waals surface area contributed by atoms with E-state index in [1.54, 1.807) is 6.92 Å². The standard InChI is InChI=1S/C11H20N2O4/c1-7(10(14)15)6-12-11(16)13-9-3-4-17-8(2)5-9/h7-9H,3-6H2,1-2H3,(H,14,15)(H2,12,13,16). The summed E-state index contributed by atoms with van der Waals surface area (Å²) in [5.74, 6) is -1.49. The first-order valence-electron chi connectivity index (χ1n) is 5.87. The summed E-state index contributed by atoms with van der Waals surface area (Å²) in [6.45, 7) is 4.31. The normalized spacial score (nSPS) is 26.0. The molecule has 3 unspecified atom stereocenters. The maximum Gasteiger partial charge on any atom is 0.315 e. The Morgan fingerprint density at radius 3 is 2.82 bits per heavy atom. The molecule has 0 aliphatic carbocycles. The van der Waals surface area contributed by atoms with Gasteiger partial charge in [-0.1, -0.05) is 6.92 Å². The molecule has 1 heterocycles. The Bertz CT molecular complexity index is 283.